The highest BCUT2D eigenvalue weighted by atomic mass is 16.5. The average Bonchev–Trinajstić information content (AvgIpc) is 2.42. The van der Waals surface area contributed by atoms with E-state index >= 15 is 0 Å². The van der Waals surface area contributed by atoms with Crippen LogP contribution < -0.4 is 0 Å². The quantitative estimate of drug-likeness (QED) is 0.635. The second-order valence-corrected chi connectivity index (χ2v) is 6.67. The molecule has 2 nitrogen and oxygen atoms in total. The molecule has 0 aliphatic carbocycles. The molecule has 1 rings (SSSR count). The topological polar surface area (TPSA) is 26.3 Å². The van der Waals surface area contributed by atoms with Gasteiger partial charge in [-0.05, 0) is 40.9 Å². The van der Waals surface area contributed by atoms with Crippen LogP contribution in [0.4, 0.5) is 0 Å². The predicted molar refractivity (Wildman–Crippen MR) is 89.3 cm³/mol. The lowest BCUT2D eigenvalue weighted by molar-refractivity contribution is 0.0501. The molecule has 0 atom stereocenters. The van der Waals surface area contributed by atoms with Crippen molar-refractivity contribution in [1.29, 1.82) is 0 Å². The fourth-order valence-electron chi connectivity index (χ4n) is 2.46. The monoisotopic (exact) mass is 290 g/mol. The highest BCUT2D eigenvalue weighted by Crippen LogP contribution is 2.32. The molecule has 0 spiro atoms. The van der Waals surface area contributed by atoms with Gasteiger partial charge in [-0.1, -0.05) is 60.6 Å². The van der Waals surface area contributed by atoms with E-state index in [1.807, 2.05) is 6.92 Å². The van der Waals surface area contributed by atoms with E-state index in [0.29, 0.717) is 24.4 Å². The van der Waals surface area contributed by atoms with E-state index in [0.717, 1.165) is 23.1 Å². The predicted octanol–water partition coefficient (Wildman–Crippen LogP) is 5.62. The third-order valence-corrected chi connectivity index (χ3v) is 3.77. The fraction of sp³-hybridized carbons (Fsp3) is 0.632. The Bertz CT molecular complexity index is 455. The lowest BCUT2D eigenvalue weighted by Gasteiger charge is -2.21. The number of esters is 1. The standard InChI is InChI=1S/C19H30O2/c1-8-9-21-19(20)18-16(13(4)5)10-15(12(2)3)11-17(18)14(6)7/h10-14H,8-9H2,1-7H3. The summed E-state index contributed by atoms with van der Waals surface area (Å²) in [5, 5.41) is 0. The van der Waals surface area contributed by atoms with Gasteiger partial charge < -0.3 is 4.74 Å². The molecular formula is C19H30O2. The Labute approximate surface area is 129 Å². The van der Waals surface area contributed by atoms with Crippen molar-refractivity contribution in [2.45, 2.75) is 72.6 Å². The van der Waals surface area contributed by atoms with Gasteiger partial charge in [0, 0.05) is 0 Å². The van der Waals surface area contributed by atoms with Crippen LogP contribution in [0.3, 0.4) is 0 Å². The van der Waals surface area contributed by atoms with Crippen molar-refractivity contribution in [3.8, 4) is 0 Å². The lowest BCUT2D eigenvalue weighted by Crippen LogP contribution is -2.15. The largest absolute Gasteiger partial charge is 0.462 e. The summed E-state index contributed by atoms with van der Waals surface area (Å²) in [5.74, 6) is 0.913. The van der Waals surface area contributed by atoms with Crippen LogP contribution in [-0.4, -0.2) is 12.6 Å². The first-order chi connectivity index (χ1) is 9.79. The van der Waals surface area contributed by atoms with Gasteiger partial charge in [0.25, 0.3) is 0 Å². The Hall–Kier alpha value is -1.31. The van der Waals surface area contributed by atoms with E-state index in [-0.39, 0.29) is 5.97 Å². The van der Waals surface area contributed by atoms with Gasteiger partial charge in [-0.2, -0.15) is 0 Å². The first kappa shape index (κ1) is 17.7. The summed E-state index contributed by atoms with van der Waals surface area (Å²) in [6, 6.07) is 4.37. The van der Waals surface area contributed by atoms with Crippen LogP contribution >= 0.6 is 0 Å². The number of ether oxygens (including phenoxy) is 1. The van der Waals surface area contributed by atoms with E-state index in [1.54, 1.807) is 0 Å². The van der Waals surface area contributed by atoms with Gasteiger partial charge in [0.1, 0.15) is 0 Å². The number of hydrogen-bond acceptors (Lipinski definition) is 2. The molecule has 0 radical (unpaired) electrons. The third kappa shape index (κ3) is 4.33. The number of benzene rings is 1. The summed E-state index contributed by atoms with van der Waals surface area (Å²) >= 11 is 0. The molecule has 0 unspecified atom stereocenters. The van der Waals surface area contributed by atoms with Crippen LogP contribution in [-0.2, 0) is 4.74 Å². The van der Waals surface area contributed by atoms with Crippen molar-refractivity contribution < 1.29 is 9.53 Å². The molecule has 118 valence electrons. The molecular weight excluding hydrogens is 260 g/mol. The lowest BCUT2D eigenvalue weighted by atomic mass is 9.84. The number of hydrogen-bond donors (Lipinski definition) is 0. The average molecular weight is 290 g/mol. The van der Waals surface area contributed by atoms with Crippen LogP contribution in [0.1, 0.15) is 99.7 Å². The summed E-state index contributed by atoms with van der Waals surface area (Å²) in [5.41, 5.74) is 4.32. The van der Waals surface area contributed by atoms with Gasteiger partial charge in [0.05, 0.1) is 12.2 Å². The zero-order chi connectivity index (χ0) is 16.2. The Morgan fingerprint density at radius 1 is 0.952 bits per heavy atom. The van der Waals surface area contributed by atoms with E-state index in [4.69, 9.17) is 4.74 Å². The maximum Gasteiger partial charge on any atom is 0.338 e. The first-order valence-corrected chi connectivity index (χ1v) is 8.14. The second kappa shape index (κ2) is 7.63. The molecule has 0 bridgehead atoms. The summed E-state index contributed by atoms with van der Waals surface area (Å²) < 4.78 is 5.42. The molecule has 0 aliphatic heterocycles. The van der Waals surface area contributed by atoms with E-state index < -0.39 is 0 Å². The van der Waals surface area contributed by atoms with Gasteiger partial charge in [-0.3, -0.25) is 0 Å². The van der Waals surface area contributed by atoms with Crippen LogP contribution in [0.25, 0.3) is 0 Å². The number of carbonyl (C=O) groups is 1. The van der Waals surface area contributed by atoms with Crippen LogP contribution in [0.15, 0.2) is 12.1 Å². The Kier molecular flexibility index (Phi) is 6.44. The summed E-state index contributed by atoms with van der Waals surface area (Å²) in [4.78, 5) is 12.5. The first-order valence-electron chi connectivity index (χ1n) is 8.14. The van der Waals surface area contributed by atoms with Gasteiger partial charge in [0.15, 0.2) is 0 Å². The molecule has 21 heavy (non-hydrogen) atoms. The molecule has 0 amide bonds. The van der Waals surface area contributed by atoms with E-state index in [2.05, 4.69) is 53.7 Å². The SMILES string of the molecule is CCCOC(=O)c1c(C(C)C)cc(C(C)C)cc1C(C)C. The molecule has 0 heterocycles. The Balaban J connectivity index is 3.46. The third-order valence-electron chi connectivity index (χ3n) is 3.77. The fourth-order valence-corrected chi connectivity index (χ4v) is 2.46. The Morgan fingerprint density at radius 3 is 1.76 bits per heavy atom. The van der Waals surface area contributed by atoms with Crippen molar-refractivity contribution >= 4 is 5.97 Å². The smallest absolute Gasteiger partial charge is 0.338 e. The van der Waals surface area contributed by atoms with Crippen molar-refractivity contribution in [1.82, 2.24) is 0 Å². The van der Waals surface area contributed by atoms with Gasteiger partial charge >= 0.3 is 5.97 Å². The molecule has 0 N–H and O–H groups in total. The maximum absolute atomic E-state index is 12.5. The number of carbonyl (C=O) groups excluding carboxylic acids is 1. The number of rotatable bonds is 6. The normalized spacial score (nSPS) is 11.5. The van der Waals surface area contributed by atoms with Gasteiger partial charge in [0.2, 0.25) is 0 Å². The zero-order valence-electron chi connectivity index (χ0n) is 14.6. The minimum Gasteiger partial charge on any atom is -0.462 e. The van der Waals surface area contributed by atoms with Gasteiger partial charge in [-0.15, -0.1) is 0 Å². The van der Waals surface area contributed by atoms with E-state index in [9.17, 15) is 4.79 Å². The minimum absolute atomic E-state index is 0.167. The van der Waals surface area contributed by atoms with E-state index in [1.165, 1.54) is 5.56 Å². The molecule has 1 aromatic rings. The molecule has 0 saturated carbocycles. The zero-order valence-corrected chi connectivity index (χ0v) is 14.6. The van der Waals surface area contributed by atoms with Gasteiger partial charge in [-0.25, -0.2) is 4.79 Å². The summed E-state index contributed by atoms with van der Waals surface area (Å²) in [6.45, 7) is 15.4. The highest BCUT2D eigenvalue weighted by molar-refractivity contribution is 5.93. The maximum atomic E-state index is 12.5. The van der Waals surface area contributed by atoms with Crippen molar-refractivity contribution in [2.24, 2.45) is 0 Å². The van der Waals surface area contributed by atoms with Crippen molar-refractivity contribution in [3.63, 3.8) is 0 Å². The Morgan fingerprint density at radius 2 is 1.43 bits per heavy atom. The molecule has 0 saturated heterocycles. The molecule has 0 aliphatic rings. The second-order valence-electron chi connectivity index (χ2n) is 6.67. The van der Waals surface area contributed by atoms with Crippen molar-refractivity contribution in [2.75, 3.05) is 6.61 Å². The van der Waals surface area contributed by atoms with Crippen LogP contribution in [0, 0.1) is 0 Å². The van der Waals surface area contributed by atoms with Crippen LogP contribution in [0.5, 0.6) is 0 Å². The summed E-state index contributed by atoms with van der Waals surface area (Å²) in [7, 11) is 0. The molecule has 2 heteroatoms. The van der Waals surface area contributed by atoms with Crippen LogP contribution in [0.2, 0.25) is 0 Å². The molecule has 0 aromatic heterocycles. The van der Waals surface area contributed by atoms with Crippen molar-refractivity contribution in [3.05, 3.63) is 34.4 Å². The molecule has 1 aromatic carbocycles. The summed E-state index contributed by atoms with van der Waals surface area (Å²) in [6.07, 6.45) is 0.851. The highest BCUT2D eigenvalue weighted by Gasteiger charge is 2.23. The molecule has 0 fully saturated rings. The minimum atomic E-state index is -0.167.